The van der Waals surface area contributed by atoms with Crippen molar-refractivity contribution in [2.75, 3.05) is 6.61 Å². The van der Waals surface area contributed by atoms with Gasteiger partial charge in [-0.05, 0) is 30.9 Å². The molecule has 0 spiro atoms. The zero-order chi connectivity index (χ0) is 11.1. The molecule has 0 N–H and O–H groups in total. The summed E-state index contributed by atoms with van der Waals surface area (Å²) in [5.41, 5.74) is 1.12. The van der Waals surface area contributed by atoms with Crippen LogP contribution in [-0.2, 0) is 6.42 Å². The molecule has 0 atom stereocenters. The Kier molecular flexibility index (Phi) is 7.61. The Morgan fingerprint density at radius 1 is 1.19 bits per heavy atom. The van der Waals surface area contributed by atoms with Crippen molar-refractivity contribution in [3.63, 3.8) is 0 Å². The van der Waals surface area contributed by atoms with Crippen LogP contribution >= 0.6 is 0 Å². The third kappa shape index (κ3) is 4.65. The first-order valence-electron chi connectivity index (χ1n) is 5.69. The molecule has 16 heavy (non-hydrogen) atoms. The van der Waals surface area contributed by atoms with Crippen molar-refractivity contribution in [1.82, 2.24) is 0 Å². The van der Waals surface area contributed by atoms with E-state index in [9.17, 15) is 4.39 Å². The fourth-order valence-electron chi connectivity index (χ4n) is 1.45. The van der Waals surface area contributed by atoms with Crippen molar-refractivity contribution < 1.29 is 9.13 Å². The van der Waals surface area contributed by atoms with E-state index in [2.05, 4.69) is 6.92 Å². The fourth-order valence-corrected chi connectivity index (χ4v) is 1.45. The van der Waals surface area contributed by atoms with Crippen molar-refractivity contribution in [2.45, 2.75) is 47.0 Å². The summed E-state index contributed by atoms with van der Waals surface area (Å²) < 4.78 is 18.5. The minimum Gasteiger partial charge on any atom is -0.493 e. The highest BCUT2D eigenvalue weighted by Gasteiger charge is 2.04. The molecule has 2 heteroatoms. The first-order valence-corrected chi connectivity index (χ1v) is 5.69. The zero-order valence-corrected chi connectivity index (χ0v) is 9.55. The van der Waals surface area contributed by atoms with Crippen LogP contribution in [0, 0.1) is 5.82 Å². The van der Waals surface area contributed by atoms with Crippen LogP contribution in [0.25, 0.3) is 0 Å². The molecule has 0 aromatic heterocycles. The third-order valence-electron chi connectivity index (χ3n) is 2.29. The lowest BCUT2D eigenvalue weighted by Gasteiger charge is -2.10. The number of aryl methyl sites for hydroxylation is 1. The van der Waals surface area contributed by atoms with Gasteiger partial charge in [-0.25, -0.2) is 4.39 Å². The second-order valence-electron chi connectivity index (χ2n) is 3.70. The molecule has 1 aromatic rings. The van der Waals surface area contributed by atoms with Gasteiger partial charge in [-0.15, -0.1) is 0 Å². The molecular weight excluding hydrogens is 203 g/mol. The van der Waals surface area contributed by atoms with Crippen LogP contribution in [-0.4, -0.2) is 6.61 Å². The molecule has 0 saturated heterocycles. The van der Waals surface area contributed by atoms with E-state index in [1.54, 1.807) is 0 Å². The number of unbranched alkanes of at least 4 members (excludes halogenated alkanes) is 1. The highest BCUT2D eigenvalue weighted by molar-refractivity contribution is 5.34. The lowest BCUT2D eigenvalue weighted by atomic mass is 10.1. The molecule has 0 heterocycles. The Balaban J connectivity index is 0.00000225. The Morgan fingerprint density at radius 3 is 2.56 bits per heavy atom. The van der Waals surface area contributed by atoms with E-state index < -0.39 is 0 Å². The normalized spacial score (nSPS) is 9.69. The summed E-state index contributed by atoms with van der Waals surface area (Å²) in [5.74, 6) is 0.492. The van der Waals surface area contributed by atoms with Gasteiger partial charge in [0.15, 0.2) is 0 Å². The largest absolute Gasteiger partial charge is 0.493 e. The molecule has 0 fully saturated rings. The topological polar surface area (TPSA) is 9.23 Å². The van der Waals surface area contributed by atoms with Gasteiger partial charge in [0, 0.05) is 6.07 Å². The average Bonchev–Trinajstić information content (AvgIpc) is 2.25. The maximum absolute atomic E-state index is 13.0. The lowest BCUT2D eigenvalue weighted by molar-refractivity contribution is 0.312. The van der Waals surface area contributed by atoms with Gasteiger partial charge < -0.3 is 4.74 Å². The summed E-state index contributed by atoms with van der Waals surface area (Å²) >= 11 is 0. The van der Waals surface area contributed by atoms with E-state index in [4.69, 9.17) is 4.74 Å². The molecule has 0 aliphatic heterocycles. The van der Waals surface area contributed by atoms with E-state index in [0.29, 0.717) is 12.4 Å². The maximum Gasteiger partial charge on any atom is 0.126 e. The van der Waals surface area contributed by atoms with Gasteiger partial charge in [-0.3, -0.25) is 0 Å². The summed E-state index contributed by atoms with van der Waals surface area (Å²) in [5, 5.41) is 0. The van der Waals surface area contributed by atoms with Crippen molar-refractivity contribution >= 4 is 0 Å². The molecule has 0 aliphatic rings. The average molecular weight is 226 g/mol. The van der Waals surface area contributed by atoms with Crippen LogP contribution < -0.4 is 4.74 Å². The van der Waals surface area contributed by atoms with E-state index in [1.165, 1.54) is 12.1 Å². The summed E-state index contributed by atoms with van der Waals surface area (Å²) in [6.45, 7) is 4.85. The number of halogens is 1. The number of hydrogen-bond acceptors (Lipinski definition) is 1. The molecule has 92 valence electrons. The van der Waals surface area contributed by atoms with Crippen LogP contribution in [0.2, 0.25) is 0 Å². The van der Waals surface area contributed by atoms with Crippen molar-refractivity contribution in [3.05, 3.63) is 29.6 Å². The number of benzene rings is 1. The molecule has 0 bridgehead atoms. The summed E-state index contributed by atoms with van der Waals surface area (Å²) in [6.07, 6.45) is 4.18. The van der Waals surface area contributed by atoms with Gasteiger partial charge in [0.25, 0.3) is 0 Å². The lowest BCUT2D eigenvalue weighted by Crippen LogP contribution is -1.99. The molecule has 0 unspecified atom stereocenters. The van der Waals surface area contributed by atoms with Gasteiger partial charge in [-0.2, -0.15) is 0 Å². The van der Waals surface area contributed by atoms with Crippen molar-refractivity contribution in [2.24, 2.45) is 0 Å². The number of rotatable bonds is 6. The molecule has 1 aromatic carbocycles. The minimum atomic E-state index is -0.221. The van der Waals surface area contributed by atoms with E-state index in [1.807, 2.05) is 13.0 Å². The highest BCUT2D eigenvalue weighted by atomic mass is 19.1. The van der Waals surface area contributed by atoms with Gasteiger partial charge >= 0.3 is 0 Å². The van der Waals surface area contributed by atoms with Crippen LogP contribution in [0.1, 0.15) is 46.1 Å². The predicted molar refractivity (Wildman–Crippen MR) is 67.5 cm³/mol. The van der Waals surface area contributed by atoms with Crippen LogP contribution in [0.5, 0.6) is 5.75 Å². The SMILES string of the molecule is C.CCCCc1ccc(F)cc1OCCC. The summed E-state index contributed by atoms with van der Waals surface area (Å²) in [6, 6.07) is 4.82. The molecular formula is C14H23FO. The Hall–Kier alpha value is -1.05. The molecule has 1 nitrogen and oxygen atoms in total. The molecule has 0 radical (unpaired) electrons. The molecule has 0 aliphatic carbocycles. The van der Waals surface area contributed by atoms with Crippen LogP contribution in [0.4, 0.5) is 4.39 Å². The standard InChI is InChI=1S/C13H19FO.CH4/c1-3-5-6-11-7-8-12(14)10-13(11)15-9-4-2;/h7-8,10H,3-6,9H2,1-2H3;1H4. The minimum absolute atomic E-state index is 0. The Bertz CT molecular complexity index is 297. The van der Waals surface area contributed by atoms with Gasteiger partial charge in [-0.1, -0.05) is 33.8 Å². The summed E-state index contributed by atoms with van der Waals surface area (Å²) in [4.78, 5) is 0. The number of hydrogen-bond donors (Lipinski definition) is 0. The quantitative estimate of drug-likeness (QED) is 0.689. The third-order valence-corrected chi connectivity index (χ3v) is 2.29. The Morgan fingerprint density at radius 2 is 1.94 bits per heavy atom. The van der Waals surface area contributed by atoms with E-state index in [0.717, 1.165) is 31.2 Å². The maximum atomic E-state index is 13.0. The predicted octanol–water partition coefficient (Wildman–Crippen LogP) is 4.59. The first-order chi connectivity index (χ1) is 7.27. The summed E-state index contributed by atoms with van der Waals surface area (Å²) in [7, 11) is 0. The molecule has 1 rings (SSSR count). The van der Waals surface area contributed by atoms with Crippen molar-refractivity contribution in [3.8, 4) is 5.75 Å². The second kappa shape index (κ2) is 8.14. The Labute approximate surface area is 98.6 Å². The second-order valence-corrected chi connectivity index (χ2v) is 3.70. The highest BCUT2D eigenvalue weighted by Crippen LogP contribution is 2.22. The smallest absolute Gasteiger partial charge is 0.126 e. The van der Waals surface area contributed by atoms with Gasteiger partial charge in [0.1, 0.15) is 11.6 Å². The molecule has 0 amide bonds. The van der Waals surface area contributed by atoms with E-state index in [-0.39, 0.29) is 13.2 Å². The zero-order valence-electron chi connectivity index (χ0n) is 9.55. The van der Waals surface area contributed by atoms with Crippen LogP contribution in [0.15, 0.2) is 18.2 Å². The number of ether oxygens (including phenoxy) is 1. The van der Waals surface area contributed by atoms with Gasteiger partial charge in [0.2, 0.25) is 0 Å². The fraction of sp³-hybridized carbons (Fsp3) is 0.571. The molecule has 0 saturated carbocycles. The van der Waals surface area contributed by atoms with Crippen LogP contribution in [0.3, 0.4) is 0 Å². The monoisotopic (exact) mass is 226 g/mol. The van der Waals surface area contributed by atoms with Crippen molar-refractivity contribution in [1.29, 1.82) is 0 Å². The first kappa shape index (κ1) is 14.9. The van der Waals surface area contributed by atoms with Gasteiger partial charge in [0.05, 0.1) is 6.61 Å². The van der Waals surface area contributed by atoms with E-state index >= 15 is 0 Å².